The third-order valence-corrected chi connectivity index (χ3v) is 3.43. The zero-order valence-electron chi connectivity index (χ0n) is 12.5. The van der Waals surface area contributed by atoms with E-state index < -0.39 is 0 Å². The summed E-state index contributed by atoms with van der Waals surface area (Å²) in [7, 11) is 0. The zero-order chi connectivity index (χ0) is 15.2. The van der Waals surface area contributed by atoms with Crippen LogP contribution in [-0.2, 0) is 9.53 Å². The Morgan fingerprint density at radius 3 is 2.86 bits per heavy atom. The molecule has 1 atom stereocenters. The van der Waals surface area contributed by atoms with Gasteiger partial charge in [0.05, 0.1) is 6.10 Å². The van der Waals surface area contributed by atoms with Crippen LogP contribution in [0.3, 0.4) is 0 Å². The molecule has 5 nitrogen and oxygen atoms in total. The summed E-state index contributed by atoms with van der Waals surface area (Å²) < 4.78 is 5.47. The number of ether oxygens (including phenoxy) is 1. The lowest BCUT2D eigenvalue weighted by molar-refractivity contribution is -0.118. The predicted octanol–water partition coefficient (Wildman–Crippen LogP) is 2.19. The molecule has 1 aliphatic heterocycles. The summed E-state index contributed by atoms with van der Waals surface area (Å²) in [6.45, 7) is 4.96. The van der Waals surface area contributed by atoms with Crippen molar-refractivity contribution in [3.05, 3.63) is 29.8 Å². The maximum Gasteiger partial charge on any atom is 0.251 e. The Hall–Kier alpha value is -1.88. The molecule has 2 N–H and O–H groups in total. The molecular weight excluding hydrogens is 268 g/mol. The normalized spacial score (nSPS) is 17.8. The summed E-state index contributed by atoms with van der Waals surface area (Å²) in [5, 5.41) is 5.66. The summed E-state index contributed by atoms with van der Waals surface area (Å²) >= 11 is 0. The van der Waals surface area contributed by atoms with Crippen molar-refractivity contribution in [3.63, 3.8) is 0 Å². The van der Waals surface area contributed by atoms with E-state index in [9.17, 15) is 9.59 Å². The predicted molar refractivity (Wildman–Crippen MR) is 81.2 cm³/mol. The molecule has 2 rings (SSSR count). The van der Waals surface area contributed by atoms with Crippen molar-refractivity contribution in [2.45, 2.75) is 32.8 Å². The highest BCUT2D eigenvalue weighted by Gasteiger charge is 2.17. The Morgan fingerprint density at radius 1 is 1.38 bits per heavy atom. The van der Waals surface area contributed by atoms with Crippen LogP contribution >= 0.6 is 0 Å². The molecule has 1 heterocycles. The third-order valence-electron chi connectivity index (χ3n) is 3.43. The van der Waals surface area contributed by atoms with Crippen LogP contribution in [0.25, 0.3) is 0 Å². The zero-order valence-corrected chi connectivity index (χ0v) is 12.5. The lowest BCUT2D eigenvalue weighted by Crippen LogP contribution is -2.31. The van der Waals surface area contributed by atoms with Crippen molar-refractivity contribution in [2.75, 3.05) is 18.5 Å². The van der Waals surface area contributed by atoms with Crippen LogP contribution in [0.1, 0.15) is 37.0 Å². The van der Waals surface area contributed by atoms with Gasteiger partial charge in [-0.05, 0) is 31.0 Å². The number of carbonyl (C=O) groups excluding carboxylic acids is 2. The fourth-order valence-corrected chi connectivity index (χ4v) is 2.14. The van der Waals surface area contributed by atoms with Crippen LogP contribution < -0.4 is 10.6 Å². The summed E-state index contributed by atoms with van der Waals surface area (Å²) in [6, 6.07) is 6.95. The molecule has 0 bridgehead atoms. The number of anilines is 1. The van der Waals surface area contributed by atoms with Gasteiger partial charge in [0.15, 0.2) is 0 Å². The minimum atomic E-state index is -0.147. The molecule has 1 saturated heterocycles. The topological polar surface area (TPSA) is 67.4 Å². The van der Waals surface area contributed by atoms with Gasteiger partial charge in [0.1, 0.15) is 0 Å². The van der Waals surface area contributed by atoms with Gasteiger partial charge >= 0.3 is 0 Å². The second kappa shape index (κ2) is 7.22. The molecule has 0 radical (unpaired) electrons. The van der Waals surface area contributed by atoms with E-state index in [1.807, 2.05) is 13.8 Å². The number of amides is 2. The summed E-state index contributed by atoms with van der Waals surface area (Å²) in [4.78, 5) is 23.8. The number of hydrogen-bond acceptors (Lipinski definition) is 3. The lowest BCUT2D eigenvalue weighted by Gasteiger charge is -2.12. The van der Waals surface area contributed by atoms with E-state index in [1.54, 1.807) is 24.3 Å². The highest BCUT2D eigenvalue weighted by Crippen LogP contribution is 2.13. The van der Waals surface area contributed by atoms with Crippen LogP contribution in [0, 0.1) is 5.92 Å². The van der Waals surface area contributed by atoms with Gasteiger partial charge in [-0.15, -0.1) is 0 Å². The van der Waals surface area contributed by atoms with E-state index in [-0.39, 0.29) is 23.8 Å². The number of rotatable bonds is 5. The van der Waals surface area contributed by atoms with Gasteiger partial charge in [0, 0.05) is 30.3 Å². The second-order valence-electron chi connectivity index (χ2n) is 5.57. The number of benzene rings is 1. The average Bonchev–Trinajstić information content (AvgIpc) is 2.98. The Balaban J connectivity index is 1.92. The van der Waals surface area contributed by atoms with Crippen molar-refractivity contribution < 1.29 is 14.3 Å². The maximum atomic E-state index is 12.1. The van der Waals surface area contributed by atoms with E-state index in [1.165, 1.54) is 0 Å². The van der Waals surface area contributed by atoms with E-state index >= 15 is 0 Å². The monoisotopic (exact) mass is 290 g/mol. The molecule has 1 aliphatic rings. The van der Waals surface area contributed by atoms with Gasteiger partial charge in [-0.1, -0.05) is 19.9 Å². The minimum Gasteiger partial charge on any atom is -0.376 e. The van der Waals surface area contributed by atoms with Gasteiger partial charge in [-0.3, -0.25) is 9.59 Å². The standard InChI is InChI=1S/C16H22N2O3/c1-11(2)15(19)18-13-6-3-5-12(9-13)16(20)17-10-14-7-4-8-21-14/h3,5-6,9,11,14H,4,7-8,10H2,1-2H3,(H,17,20)(H,18,19). The SMILES string of the molecule is CC(C)C(=O)Nc1cccc(C(=O)NCC2CCCO2)c1. The van der Waals surface area contributed by atoms with Crippen molar-refractivity contribution in [2.24, 2.45) is 5.92 Å². The van der Waals surface area contributed by atoms with Crippen molar-refractivity contribution >= 4 is 17.5 Å². The first kappa shape index (κ1) is 15.5. The van der Waals surface area contributed by atoms with Gasteiger partial charge < -0.3 is 15.4 Å². The van der Waals surface area contributed by atoms with Gasteiger partial charge in [0.25, 0.3) is 5.91 Å². The van der Waals surface area contributed by atoms with E-state index in [4.69, 9.17) is 4.74 Å². The molecule has 1 aromatic carbocycles. The summed E-state index contributed by atoms with van der Waals surface area (Å²) in [5.41, 5.74) is 1.17. The van der Waals surface area contributed by atoms with Crippen molar-refractivity contribution in [1.29, 1.82) is 0 Å². The molecule has 0 aliphatic carbocycles. The van der Waals surface area contributed by atoms with Crippen LogP contribution in [0.4, 0.5) is 5.69 Å². The molecule has 114 valence electrons. The maximum absolute atomic E-state index is 12.1. The molecule has 1 unspecified atom stereocenters. The quantitative estimate of drug-likeness (QED) is 0.873. The van der Waals surface area contributed by atoms with E-state index in [0.717, 1.165) is 19.4 Å². The van der Waals surface area contributed by atoms with Crippen LogP contribution in [0.15, 0.2) is 24.3 Å². The average molecular weight is 290 g/mol. The fourth-order valence-electron chi connectivity index (χ4n) is 2.14. The van der Waals surface area contributed by atoms with Crippen LogP contribution in [-0.4, -0.2) is 31.1 Å². The largest absolute Gasteiger partial charge is 0.376 e. The van der Waals surface area contributed by atoms with Crippen LogP contribution in [0.2, 0.25) is 0 Å². The van der Waals surface area contributed by atoms with Gasteiger partial charge in [-0.2, -0.15) is 0 Å². The smallest absolute Gasteiger partial charge is 0.251 e. The molecule has 0 saturated carbocycles. The Labute approximate surface area is 125 Å². The minimum absolute atomic E-state index is 0.0630. The van der Waals surface area contributed by atoms with Crippen LogP contribution in [0.5, 0.6) is 0 Å². The molecule has 5 heteroatoms. The number of nitrogens with one attached hydrogen (secondary N) is 2. The van der Waals surface area contributed by atoms with Crippen molar-refractivity contribution in [3.8, 4) is 0 Å². The highest BCUT2D eigenvalue weighted by molar-refractivity contribution is 5.97. The molecule has 1 fully saturated rings. The number of carbonyl (C=O) groups is 2. The summed E-state index contributed by atoms with van der Waals surface area (Å²) in [6.07, 6.45) is 2.17. The fraction of sp³-hybridized carbons (Fsp3) is 0.500. The highest BCUT2D eigenvalue weighted by atomic mass is 16.5. The molecule has 0 spiro atoms. The number of hydrogen-bond donors (Lipinski definition) is 2. The van der Waals surface area contributed by atoms with Crippen molar-refractivity contribution in [1.82, 2.24) is 5.32 Å². The Bertz CT molecular complexity index is 508. The van der Waals surface area contributed by atoms with Gasteiger partial charge in [0.2, 0.25) is 5.91 Å². The first-order valence-electron chi connectivity index (χ1n) is 7.37. The molecule has 1 aromatic rings. The second-order valence-corrected chi connectivity index (χ2v) is 5.57. The summed E-state index contributed by atoms with van der Waals surface area (Å²) in [5.74, 6) is -0.306. The van der Waals surface area contributed by atoms with Gasteiger partial charge in [-0.25, -0.2) is 0 Å². The molecule has 0 aromatic heterocycles. The first-order valence-corrected chi connectivity index (χ1v) is 7.37. The molecule has 2 amide bonds. The molecular formula is C16H22N2O3. The lowest BCUT2D eigenvalue weighted by atomic mass is 10.1. The molecule has 21 heavy (non-hydrogen) atoms. The first-order chi connectivity index (χ1) is 10.1. The Morgan fingerprint density at radius 2 is 2.19 bits per heavy atom. The van der Waals surface area contributed by atoms with E-state index in [2.05, 4.69) is 10.6 Å². The van der Waals surface area contributed by atoms with E-state index in [0.29, 0.717) is 17.8 Å². The third kappa shape index (κ3) is 4.56. The Kier molecular flexibility index (Phi) is 5.33.